The van der Waals surface area contributed by atoms with Gasteiger partial charge < -0.3 is 14.8 Å². The Morgan fingerprint density at radius 3 is 2.94 bits per heavy atom. The normalized spacial score (nSPS) is 14.0. The fourth-order valence-electron chi connectivity index (χ4n) is 1.68. The Hall–Kier alpha value is -1.13. The molecule has 0 aromatic heterocycles. The first-order chi connectivity index (χ1) is 8.90. The van der Waals surface area contributed by atoms with Crippen LogP contribution in [0, 0.1) is 0 Å². The van der Waals surface area contributed by atoms with Crippen molar-refractivity contribution in [2.75, 3.05) is 32.1 Å². The molecule has 0 bridgehead atoms. The molecule has 1 aromatic carbocycles. The zero-order chi connectivity index (χ0) is 12.6. The number of fused-ring (bicyclic) bond motifs is 1. The van der Waals surface area contributed by atoms with Gasteiger partial charge in [0, 0.05) is 30.2 Å². The number of ether oxygens (including phenoxy) is 2. The van der Waals surface area contributed by atoms with E-state index in [-0.39, 0.29) is 0 Å². The lowest BCUT2D eigenvalue weighted by atomic mass is 10.3. The van der Waals surface area contributed by atoms with E-state index in [0.717, 1.165) is 50.0 Å². The molecule has 0 fully saturated rings. The first kappa shape index (κ1) is 13.3. The van der Waals surface area contributed by atoms with Crippen LogP contribution in [0.15, 0.2) is 35.7 Å². The van der Waals surface area contributed by atoms with Crippen molar-refractivity contribution in [1.82, 2.24) is 5.32 Å². The highest BCUT2D eigenvalue weighted by Crippen LogP contribution is 2.33. The Labute approximate surface area is 113 Å². The van der Waals surface area contributed by atoms with Crippen molar-refractivity contribution in [3.8, 4) is 11.5 Å². The molecular formula is C14H19NO2S. The number of rotatable bonds is 6. The maximum Gasteiger partial charge on any atom is 0.162 e. The summed E-state index contributed by atoms with van der Waals surface area (Å²) in [6, 6.07) is 6.16. The molecule has 0 aliphatic carbocycles. The second-order valence-electron chi connectivity index (χ2n) is 4.00. The molecular weight excluding hydrogens is 246 g/mol. The highest BCUT2D eigenvalue weighted by atomic mass is 32.2. The van der Waals surface area contributed by atoms with E-state index in [0.29, 0.717) is 0 Å². The van der Waals surface area contributed by atoms with Crippen molar-refractivity contribution >= 4 is 11.8 Å². The Bertz CT molecular complexity index is 395. The van der Waals surface area contributed by atoms with Crippen molar-refractivity contribution in [2.45, 2.75) is 11.3 Å². The molecule has 0 radical (unpaired) electrons. The van der Waals surface area contributed by atoms with Crippen LogP contribution in [0.2, 0.25) is 0 Å². The summed E-state index contributed by atoms with van der Waals surface area (Å²) in [5, 5.41) is 3.28. The van der Waals surface area contributed by atoms with E-state index in [4.69, 9.17) is 9.47 Å². The second kappa shape index (κ2) is 7.34. The number of benzene rings is 1. The topological polar surface area (TPSA) is 30.5 Å². The van der Waals surface area contributed by atoms with E-state index in [1.807, 2.05) is 23.9 Å². The van der Waals surface area contributed by atoms with Gasteiger partial charge in [0.25, 0.3) is 0 Å². The molecule has 1 aliphatic heterocycles. The molecule has 2 rings (SSSR count). The Kier molecular flexibility index (Phi) is 5.42. The van der Waals surface area contributed by atoms with Gasteiger partial charge in [0.05, 0.1) is 13.2 Å². The van der Waals surface area contributed by atoms with Gasteiger partial charge in [-0.25, -0.2) is 0 Å². The van der Waals surface area contributed by atoms with Gasteiger partial charge in [-0.2, -0.15) is 0 Å². The predicted octanol–water partition coefficient (Wildman–Crippen LogP) is 2.72. The zero-order valence-electron chi connectivity index (χ0n) is 10.5. The minimum Gasteiger partial charge on any atom is -0.490 e. The molecule has 98 valence electrons. The minimum atomic E-state index is 0.738. The fourth-order valence-corrected chi connectivity index (χ4v) is 2.52. The van der Waals surface area contributed by atoms with Gasteiger partial charge in [-0.05, 0) is 18.2 Å². The van der Waals surface area contributed by atoms with Crippen LogP contribution in [0.4, 0.5) is 0 Å². The smallest absolute Gasteiger partial charge is 0.162 e. The van der Waals surface area contributed by atoms with Gasteiger partial charge in [0.15, 0.2) is 11.5 Å². The van der Waals surface area contributed by atoms with E-state index in [1.54, 1.807) is 0 Å². The van der Waals surface area contributed by atoms with Gasteiger partial charge in [0.2, 0.25) is 0 Å². The average Bonchev–Trinajstić information content (AvgIpc) is 2.63. The molecule has 0 unspecified atom stereocenters. The van der Waals surface area contributed by atoms with Crippen LogP contribution in [-0.2, 0) is 0 Å². The van der Waals surface area contributed by atoms with Gasteiger partial charge >= 0.3 is 0 Å². The predicted molar refractivity (Wildman–Crippen MR) is 75.8 cm³/mol. The SMILES string of the molecule is C=CCNCCSc1ccc2c(c1)OCCCO2. The van der Waals surface area contributed by atoms with Crippen molar-refractivity contribution < 1.29 is 9.47 Å². The maximum absolute atomic E-state index is 5.67. The van der Waals surface area contributed by atoms with E-state index < -0.39 is 0 Å². The van der Waals surface area contributed by atoms with Crippen molar-refractivity contribution in [1.29, 1.82) is 0 Å². The first-order valence-electron chi connectivity index (χ1n) is 6.24. The third kappa shape index (κ3) is 3.96. The van der Waals surface area contributed by atoms with Crippen LogP contribution in [0.3, 0.4) is 0 Å². The monoisotopic (exact) mass is 265 g/mol. The molecule has 1 heterocycles. The summed E-state index contributed by atoms with van der Waals surface area (Å²) in [7, 11) is 0. The van der Waals surface area contributed by atoms with Gasteiger partial charge in [-0.15, -0.1) is 18.3 Å². The first-order valence-corrected chi connectivity index (χ1v) is 7.23. The Morgan fingerprint density at radius 1 is 1.28 bits per heavy atom. The molecule has 0 saturated heterocycles. The number of hydrogen-bond donors (Lipinski definition) is 1. The third-order valence-electron chi connectivity index (χ3n) is 2.56. The number of hydrogen-bond acceptors (Lipinski definition) is 4. The Balaban J connectivity index is 1.86. The summed E-state index contributed by atoms with van der Waals surface area (Å²) in [5.41, 5.74) is 0. The van der Waals surface area contributed by atoms with Crippen LogP contribution in [0.25, 0.3) is 0 Å². The summed E-state index contributed by atoms with van der Waals surface area (Å²) in [6.07, 6.45) is 2.82. The maximum atomic E-state index is 5.67. The van der Waals surface area contributed by atoms with Gasteiger partial charge in [-0.1, -0.05) is 6.08 Å². The van der Waals surface area contributed by atoms with Crippen molar-refractivity contribution in [2.24, 2.45) is 0 Å². The number of nitrogens with one attached hydrogen (secondary N) is 1. The standard InChI is InChI=1S/C14H19NO2S/c1-2-6-15-7-10-18-12-4-5-13-14(11-12)17-9-3-8-16-13/h2,4-5,11,15H,1,3,6-10H2. The molecule has 18 heavy (non-hydrogen) atoms. The fraction of sp³-hybridized carbons (Fsp3) is 0.429. The van der Waals surface area contributed by atoms with E-state index in [9.17, 15) is 0 Å². The van der Waals surface area contributed by atoms with Crippen LogP contribution in [0.1, 0.15) is 6.42 Å². The third-order valence-corrected chi connectivity index (χ3v) is 3.55. The summed E-state index contributed by atoms with van der Waals surface area (Å²) in [6.45, 7) is 6.99. The highest BCUT2D eigenvalue weighted by Gasteiger charge is 2.10. The van der Waals surface area contributed by atoms with Crippen LogP contribution in [0.5, 0.6) is 11.5 Å². The van der Waals surface area contributed by atoms with E-state index in [2.05, 4.69) is 24.0 Å². The zero-order valence-corrected chi connectivity index (χ0v) is 11.3. The summed E-state index contributed by atoms with van der Waals surface area (Å²) in [4.78, 5) is 1.22. The largest absolute Gasteiger partial charge is 0.490 e. The molecule has 0 spiro atoms. The van der Waals surface area contributed by atoms with E-state index >= 15 is 0 Å². The van der Waals surface area contributed by atoms with Crippen molar-refractivity contribution in [3.05, 3.63) is 30.9 Å². The van der Waals surface area contributed by atoms with Crippen LogP contribution in [-0.4, -0.2) is 32.1 Å². The molecule has 4 heteroatoms. The van der Waals surface area contributed by atoms with Crippen LogP contribution < -0.4 is 14.8 Å². The Morgan fingerprint density at radius 2 is 2.11 bits per heavy atom. The summed E-state index contributed by atoms with van der Waals surface area (Å²) < 4.78 is 11.3. The van der Waals surface area contributed by atoms with Gasteiger partial charge in [0.1, 0.15) is 0 Å². The molecule has 0 amide bonds. The van der Waals surface area contributed by atoms with E-state index in [1.165, 1.54) is 4.90 Å². The minimum absolute atomic E-state index is 0.738. The average molecular weight is 265 g/mol. The molecule has 0 atom stereocenters. The molecule has 1 aliphatic rings. The molecule has 0 saturated carbocycles. The molecule has 1 N–H and O–H groups in total. The van der Waals surface area contributed by atoms with Gasteiger partial charge in [-0.3, -0.25) is 0 Å². The molecule has 1 aromatic rings. The summed E-state index contributed by atoms with van der Waals surface area (Å²) in [5.74, 6) is 2.77. The lowest BCUT2D eigenvalue weighted by Crippen LogP contribution is -2.16. The summed E-state index contributed by atoms with van der Waals surface area (Å²) >= 11 is 1.82. The lowest BCUT2D eigenvalue weighted by molar-refractivity contribution is 0.297. The second-order valence-corrected chi connectivity index (χ2v) is 5.17. The van der Waals surface area contributed by atoms with Crippen LogP contribution >= 0.6 is 11.8 Å². The molecule has 3 nitrogen and oxygen atoms in total. The lowest BCUT2D eigenvalue weighted by Gasteiger charge is -2.09. The highest BCUT2D eigenvalue weighted by molar-refractivity contribution is 7.99. The quantitative estimate of drug-likeness (QED) is 0.487. The van der Waals surface area contributed by atoms with Crippen molar-refractivity contribution in [3.63, 3.8) is 0 Å². The number of thioether (sulfide) groups is 1.